The molecular formula is C23H33N2O3P. The highest BCUT2D eigenvalue weighted by atomic mass is 31.2. The molecule has 3 rings (SSSR count). The van der Waals surface area contributed by atoms with Crippen molar-refractivity contribution in [1.29, 1.82) is 0 Å². The van der Waals surface area contributed by atoms with Crippen LogP contribution in [0.15, 0.2) is 48.5 Å². The number of anilines is 2. The first-order valence-electron chi connectivity index (χ1n) is 10.3. The van der Waals surface area contributed by atoms with E-state index in [1.165, 1.54) is 6.42 Å². The molecule has 0 saturated heterocycles. The summed E-state index contributed by atoms with van der Waals surface area (Å²) in [6.45, 7) is 0. The molecule has 0 radical (unpaired) electrons. The van der Waals surface area contributed by atoms with Crippen molar-refractivity contribution in [2.75, 3.05) is 38.0 Å². The highest BCUT2D eigenvalue weighted by Gasteiger charge is 2.39. The Bertz CT molecular complexity index is 828. The Morgan fingerprint density at radius 1 is 0.862 bits per heavy atom. The lowest BCUT2D eigenvalue weighted by molar-refractivity contribution is 0.137. The van der Waals surface area contributed by atoms with Crippen LogP contribution in [0.25, 0.3) is 0 Å². The quantitative estimate of drug-likeness (QED) is 0.660. The Kier molecular flexibility index (Phi) is 7.05. The van der Waals surface area contributed by atoms with E-state index in [1.54, 1.807) is 0 Å². The maximum absolute atomic E-state index is 14.2. The summed E-state index contributed by atoms with van der Waals surface area (Å²) in [5.74, 6) is -1.19. The summed E-state index contributed by atoms with van der Waals surface area (Å²) in [4.78, 5) is 3.99. The molecule has 0 spiro atoms. The zero-order valence-corrected chi connectivity index (χ0v) is 18.8. The molecule has 0 unspecified atom stereocenters. The zero-order valence-electron chi connectivity index (χ0n) is 17.9. The van der Waals surface area contributed by atoms with Gasteiger partial charge in [0.05, 0.1) is 6.10 Å². The van der Waals surface area contributed by atoms with E-state index in [2.05, 4.69) is 0 Å². The van der Waals surface area contributed by atoms with Crippen LogP contribution in [0.2, 0.25) is 0 Å². The van der Waals surface area contributed by atoms with E-state index >= 15 is 0 Å². The normalized spacial score (nSPS) is 18.1. The van der Waals surface area contributed by atoms with E-state index in [4.69, 9.17) is 4.52 Å². The van der Waals surface area contributed by atoms with Crippen molar-refractivity contribution in [3.05, 3.63) is 54.1 Å². The first-order valence-corrected chi connectivity index (χ1v) is 12.0. The van der Waals surface area contributed by atoms with Gasteiger partial charge < -0.3 is 19.4 Å². The van der Waals surface area contributed by atoms with Crippen LogP contribution >= 0.6 is 7.37 Å². The molecule has 1 fully saturated rings. The van der Waals surface area contributed by atoms with Gasteiger partial charge >= 0.3 is 0 Å². The number of hydrogen-bond donors (Lipinski definition) is 1. The maximum atomic E-state index is 14.2. The van der Waals surface area contributed by atoms with Crippen molar-refractivity contribution in [3.63, 3.8) is 0 Å². The first-order chi connectivity index (χ1) is 13.8. The average molecular weight is 417 g/mol. The number of rotatable bonds is 7. The molecular weight excluding hydrogens is 383 g/mol. The van der Waals surface area contributed by atoms with Crippen molar-refractivity contribution in [1.82, 2.24) is 0 Å². The molecule has 29 heavy (non-hydrogen) atoms. The van der Waals surface area contributed by atoms with E-state index in [0.717, 1.165) is 37.1 Å². The summed E-state index contributed by atoms with van der Waals surface area (Å²) in [5, 5.41) is 11.8. The zero-order chi connectivity index (χ0) is 21.0. The molecule has 0 heterocycles. The van der Waals surface area contributed by atoms with Gasteiger partial charge in [0.1, 0.15) is 0 Å². The Morgan fingerprint density at radius 2 is 1.34 bits per heavy atom. The second kappa shape index (κ2) is 9.34. The second-order valence-electron chi connectivity index (χ2n) is 8.23. The lowest BCUT2D eigenvalue weighted by atomic mass is 9.98. The Hall–Kier alpha value is -1.81. The lowest BCUT2D eigenvalue weighted by Gasteiger charge is -2.31. The van der Waals surface area contributed by atoms with Crippen molar-refractivity contribution >= 4 is 24.0 Å². The lowest BCUT2D eigenvalue weighted by Crippen LogP contribution is -2.22. The van der Waals surface area contributed by atoms with Crippen LogP contribution in [0.4, 0.5) is 11.4 Å². The van der Waals surface area contributed by atoms with Crippen LogP contribution < -0.4 is 15.1 Å². The highest BCUT2D eigenvalue weighted by Crippen LogP contribution is 2.59. The number of nitrogens with zero attached hydrogens (tertiary/aromatic N) is 2. The number of hydrogen-bond acceptors (Lipinski definition) is 5. The van der Waals surface area contributed by atoms with Crippen molar-refractivity contribution in [2.45, 2.75) is 44.1 Å². The largest absolute Gasteiger partial charge is 0.378 e. The van der Waals surface area contributed by atoms with Crippen LogP contribution in [0, 0.1) is 0 Å². The second-order valence-corrected chi connectivity index (χ2v) is 10.6. The summed E-state index contributed by atoms with van der Waals surface area (Å²) in [5.41, 5.74) is 2.66. The molecule has 6 heteroatoms. The molecule has 0 aromatic heterocycles. The summed E-state index contributed by atoms with van der Waals surface area (Å²) in [7, 11) is 4.35. The summed E-state index contributed by atoms with van der Waals surface area (Å²) >= 11 is 0. The molecule has 1 saturated carbocycles. The minimum absolute atomic E-state index is 0.0705. The Balaban J connectivity index is 1.95. The van der Waals surface area contributed by atoms with Crippen LogP contribution in [-0.2, 0) is 9.09 Å². The SMILES string of the molecule is CN(C)c1ccc([C@H](O)[P@](=O)(OC2CCCCC2)c2ccc(N(C)C)cc2)cc1. The summed E-state index contributed by atoms with van der Waals surface area (Å²) in [6.07, 6.45) is 5.07. The smallest absolute Gasteiger partial charge is 0.264 e. The van der Waals surface area contributed by atoms with Crippen LogP contribution in [-0.4, -0.2) is 39.4 Å². The van der Waals surface area contributed by atoms with Gasteiger partial charge in [0.15, 0.2) is 5.85 Å². The molecule has 0 bridgehead atoms. The Morgan fingerprint density at radius 3 is 1.83 bits per heavy atom. The summed E-state index contributed by atoms with van der Waals surface area (Å²) < 4.78 is 20.4. The van der Waals surface area contributed by atoms with Gasteiger partial charge in [0.25, 0.3) is 7.37 Å². The third-order valence-electron chi connectivity index (χ3n) is 5.61. The van der Waals surface area contributed by atoms with E-state index in [1.807, 2.05) is 86.5 Å². The fraction of sp³-hybridized carbons (Fsp3) is 0.478. The first kappa shape index (κ1) is 21.9. The van der Waals surface area contributed by atoms with Gasteiger partial charge in [0.2, 0.25) is 0 Å². The van der Waals surface area contributed by atoms with Gasteiger partial charge in [-0.15, -0.1) is 0 Å². The number of benzene rings is 2. The maximum Gasteiger partial charge on any atom is 0.264 e. The average Bonchev–Trinajstić information content (AvgIpc) is 2.74. The van der Waals surface area contributed by atoms with Gasteiger partial charge in [-0.1, -0.05) is 31.4 Å². The Labute approximate surface area is 174 Å². The van der Waals surface area contributed by atoms with Gasteiger partial charge in [-0.3, -0.25) is 4.57 Å². The molecule has 1 N–H and O–H groups in total. The number of aliphatic hydroxyl groups is 1. The van der Waals surface area contributed by atoms with Gasteiger partial charge in [-0.05, 0) is 54.8 Å². The highest BCUT2D eigenvalue weighted by molar-refractivity contribution is 7.67. The molecule has 158 valence electrons. The monoisotopic (exact) mass is 416 g/mol. The molecule has 0 aliphatic heterocycles. The third kappa shape index (κ3) is 5.03. The van der Waals surface area contributed by atoms with E-state index in [0.29, 0.717) is 10.9 Å². The fourth-order valence-electron chi connectivity index (χ4n) is 3.75. The molecule has 1 aliphatic carbocycles. The third-order valence-corrected chi connectivity index (χ3v) is 8.18. The van der Waals surface area contributed by atoms with Gasteiger partial charge in [0, 0.05) is 44.9 Å². The van der Waals surface area contributed by atoms with Gasteiger partial charge in [-0.25, -0.2) is 0 Å². The molecule has 1 aliphatic rings. The minimum Gasteiger partial charge on any atom is -0.378 e. The molecule has 0 amide bonds. The topological polar surface area (TPSA) is 53.0 Å². The predicted molar refractivity (Wildman–Crippen MR) is 122 cm³/mol. The van der Waals surface area contributed by atoms with Crippen molar-refractivity contribution in [3.8, 4) is 0 Å². The van der Waals surface area contributed by atoms with E-state index in [9.17, 15) is 9.67 Å². The standard InChI is InChI=1S/C23H33N2O3P/c1-24(2)19-12-10-18(11-13-19)23(26)29(27,28-21-8-6-5-7-9-21)22-16-14-20(15-17-22)25(3)4/h10-17,21,23,26H,5-9H2,1-4H3/t23-,29-/m1/s1. The van der Waals surface area contributed by atoms with Crippen molar-refractivity contribution in [2.24, 2.45) is 0 Å². The minimum atomic E-state index is -3.52. The van der Waals surface area contributed by atoms with E-state index in [-0.39, 0.29) is 6.10 Å². The predicted octanol–water partition coefficient (Wildman–Crippen LogP) is 4.76. The molecule has 2 aromatic carbocycles. The van der Waals surface area contributed by atoms with Crippen LogP contribution in [0.3, 0.4) is 0 Å². The van der Waals surface area contributed by atoms with E-state index < -0.39 is 13.2 Å². The van der Waals surface area contributed by atoms with Crippen LogP contribution in [0.5, 0.6) is 0 Å². The summed E-state index contributed by atoms with van der Waals surface area (Å²) in [6, 6.07) is 15.0. The molecule has 5 nitrogen and oxygen atoms in total. The van der Waals surface area contributed by atoms with Gasteiger partial charge in [-0.2, -0.15) is 0 Å². The number of aliphatic hydroxyl groups excluding tert-OH is 1. The molecule has 2 aromatic rings. The van der Waals surface area contributed by atoms with Crippen LogP contribution in [0.1, 0.15) is 43.5 Å². The fourth-order valence-corrected chi connectivity index (χ4v) is 6.05. The van der Waals surface area contributed by atoms with Crippen molar-refractivity contribution < 1.29 is 14.2 Å². The molecule has 2 atom stereocenters.